The van der Waals surface area contributed by atoms with Crippen LogP contribution in [0.2, 0.25) is 0 Å². The third kappa shape index (κ3) is 5.33. The highest BCUT2D eigenvalue weighted by Crippen LogP contribution is 2.37. The van der Waals surface area contributed by atoms with Crippen LogP contribution in [0.4, 0.5) is 0 Å². The zero-order valence-electron chi connectivity index (χ0n) is 18.0. The Morgan fingerprint density at radius 2 is 1.87 bits per heavy atom. The van der Waals surface area contributed by atoms with E-state index < -0.39 is 0 Å². The Morgan fingerprint density at radius 1 is 1.00 bits per heavy atom. The second-order valence-electron chi connectivity index (χ2n) is 7.54. The Labute approximate surface area is 188 Å². The van der Waals surface area contributed by atoms with Crippen molar-refractivity contribution in [3.63, 3.8) is 0 Å². The van der Waals surface area contributed by atoms with Crippen molar-refractivity contribution in [2.45, 2.75) is 39.4 Å². The summed E-state index contributed by atoms with van der Waals surface area (Å²) in [5.41, 5.74) is 5.50. The minimum atomic E-state index is -0.0271. The number of pyridine rings is 1. The van der Waals surface area contributed by atoms with Gasteiger partial charge in [-0.2, -0.15) is 11.3 Å². The largest absolute Gasteiger partial charge is 0.489 e. The lowest BCUT2D eigenvalue weighted by atomic mass is 10.00. The fourth-order valence-corrected chi connectivity index (χ4v) is 4.26. The first-order valence-corrected chi connectivity index (χ1v) is 11.6. The molecule has 2 aromatic carbocycles. The molecule has 0 aliphatic carbocycles. The van der Waals surface area contributed by atoms with Crippen molar-refractivity contribution in [2.75, 3.05) is 0 Å². The minimum absolute atomic E-state index is 0.0271. The van der Waals surface area contributed by atoms with Gasteiger partial charge in [0.05, 0.1) is 5.69 Å². The molecule has 0 amide bonds. The second-order valence-corrected chi connectivity index (χ2v) is 8.33. The quantitative estimate of drug-likeness (QED) is 0.274. The predicted molar refractivity (Wildman–Crippen MR) is 128 cm³/mol. The van der Waals surface area contributed by atoms with Crippen molar-refractivity contribution in [2.24, 2.45) is 0 Å². The van der Waals surface area contributed by atoms with Gasteiger partial charge in [-0.3, -0.25) is 4.98 Å². The Kier molecular flexibility index (Phi) is 7.00. The van der Waals surface area contributed by atoms with Gasteiger partial charge >= 0.3 is 0 Å². The fourth-order valence-electron chi connectivity index (χ4n) is 3.61. The molecule has 4 rings (SSSR count). The third-order valence-corrected chi connectivity index (χ3v) is 5.97. The molecule has 0 spiro atoms. The molecule has 0 bridgehead atoms. The molecule has 0 fully saturated rings. The highest BCUT2D eigenvalue weighted by molar-refractivity contribution is 7.07. The number of benzene rings is 2. The van der Waals surface area contributed by atoms with Crippen molar-refractivity contribution < 1.29 is 9.47 Å². The van der Waals surface area contributed by atoms with Crippen LogP contribution in [0.25, 0.3) is 11.3 Å². The van der Waals surface area contributed by atoms with E-state index in [1.165, 1.54) is 16.7 Å². The van der Waals surface area contributed by atoms with E-state index in [4.69, 9.17) is 9.47 Å². The van der Waals surface area contributed by atoms with Gasteiger partial charge in [0.1, 0.15) is 24.2 Å². The number of hydrogen-bond donors (Lipinski definition) is 0. The topological polar surface area (TPSA) is 31.4 Å². The van der Waals surface area contributed by atoms with Gasteiger partial charge in [-0.05, 0) is 71.1 Å². The average molecular weight is 430 g/mol. The standard InChI is InChI=1S/C27H27NO2S/c1-3-8-26(23-10-5-4-9-20(23)2)30-27-17-22(29-18-21-14-16-31-19-21)12-13-24(27)25-11-6-7-15-28-25/h4-7,9-17,19,26H,3,8,18H2,1-2H3. The summed E-state index contributed by atoms with van der Waals surface area (Å²) in [5.74, 6) is 1.59. The van der Waals surface area contributed by atoms with Crippen LogP contribution in [0, 0.1) is 6.92 Å². The summed E-state index contributed by atoms with van der Waals surface area (Å²) in [6.45, 7) is 4.87. The molecule has 1 unspecified atom stereocenters. The number of ether oxygens (including phenoxy) is 2. The van der Waals surface area contributed by atoms with E-state index in [9.17, 15) is 0 Å². The number of thiophene rings is 1. The van der Waals surface area contributed by atoms with E-state index in [1.54, 1.807) is 11.3 Å². The molecule has 0 aliphatic heterocycles. The van der Waals surface area contributed by atoms with Crippen molar-refractivity contribution >= 4 is 11.3 Å². The van der Waals surface area contributed by atoms with Gasteiger partial charge in [0.2, 0.25) is 0 Å². The fraction of sp³-hybridized carbons (Fsp3) is 0.222. The van der Waals surface area contributed by atoms with E-state index in [-0.39, 0.29) is 6.10 Å². The summed E-state index contributed by atoms with van der Waals surface area (Å²) in [7, 11) is 0. The van der Waals surface area contributed by atoms with Crippen LogP contribution in [-0.2, 0) is 6.61 Å². The molecular formula is C27H27NO2S. The first kappa shape index (κ1) is 21.1. The van der Waals surface area contributed by atoms with Crippen LogP contribution in [0.15, 0.2) is 83.7 Å². The zero-order valence-corrected chi connectivity index (χ0v) is 18.8. The number of aryl methyl sites for hydroxylation is 1. The molecule has 0 N–H and O–H groups in total. The molecule has 3 nitrogen and oxygen atoms in total. The minimum Gasteiger partial charge on any atom is -0.489 e. The molecule has 158 valence electrons. The summed E-state index contributed by atoms with van der Waals surface area (Å²) in [6.07, 6.45) is 3.75. The van der Waals surface area contributed by atoms with Crippen LogP contribution in [0.1, 0.15) is 42.6 Å². The summed E-state index contributed by atoms with van der Waals surface area (Å²) < 4.78 is 12.7. The van der Waals surface area contributed by atoms with Gasteiger partial charge in [-0.15, -0.1) is 0 Å². The van der Waals surface area contributed by atoms with E-state index >= 15 is 0 Å². The molecule has 0 aliphatic rings. The lowest BCUT2D eigenvalue weighted by molar-refractivity contribution is 0.192. The molecule has 2 heterocycles. The van der Waals surface area contributed by atoms with E-state index in [0.29, 0.717) is 6.61 Å². The maximum absolute atomic E-state index is 6.67. The van der Waals surface area contributed by atoms with Gasteiger partial charge in [0.25, 0.3) is 0 Å². The first-order chi connectivity index (χ1) is 15.2. The Morgan fingerprint density at radius 3 is 2.61 bits per heavy atom. The Hall–Kier alpha value is -3.11. The predicted octanol–water partition coefficient (Wildman–Crippen LogP) is 7.62. The molecule has 31 heavy (non-hydrogen) atoms. The van der Waals surface area contributed by atoms with Crippen LogP contribution in [0.5, 0.6) is 11.5 Å². The maximum Gasteiger partial charge on any atom is 0.133 e. The summed E-state index contributed by atoms with van der Waals surface area (Å²) in [4.78, 5) is 4.55. The van der Waals surface area contributed by atoms with Gasteiger partial charge in [-0.1, -0.05) is 43.7 Å². The maximum atomic E-state index is 6.67. The third-order valence-electron chi connectivity index (χ3n) is 5.23. The number of nitrogens with zero attached hydrogens (tertiary/aromatic N) is 1. The lowest BCUT2D eigenvalue weighted by Crippen LogP contribution is -2.10. The summed E-state index contributed by atoms with van der Waals surface area (Å²) in [6, 6.07) is 22.5. The monoisotopic (exact) mass is 429 g/mol. The molecule has 4 aromatic rings. The lowest BCUT2D eigenvalue weighted by Gasteiger charge is -2.23. The van der Waals surface area contributed by atoms with Crippen molar-refractivity contribution in [3.8, 4) is 22.8 Å². The molecule has 0 saturated heterocycles. The van der Waals surface area contributed by atoms with Crippen molar-refractivity contribution in [1.29, 1.82) is 0 Å². The van der Waals surface area contributed by atoms with Crippen LogP contribution in [-0.4, -0.2) is 4.98 Å². The SMILES string of the molecule is CCCC(Oc1cc(OCc2ccsc2)ccc1-c1ccccn1)c1ccccc1C. The van der Waals surface area contributed by atoms with Crippen LogP contribution < -0.4 is 9.47 Å². The Balaban J connectivity index is 1.67. The second kappa shape index (κ2) is 10.3. The summed E-state index contributed by atoms with van der Waals surface area (Å²) in [5, 5.41) is 4.17. The van der Waals surface area contributed by atoms with E-state index in [2.05, 4.69) is 59.9 Å². The Bertz CT molecular complexity index is 1090. The van der Waals surface area contributed by atoms with E-state index in [1.807, 2.05) is 42.6 Å². The number of aromatic nitrogens is 1. The van der Waals surface area contributed by atoms with Crippen molar-refractivity contribution in [3.05, 3.63) is 100 Å². The molecular weight excluding hydrogens is 402 g/mol. The van der Waals surface area contributed by atoms with Gasteiger partial charge < -0.3 is 9.47 Å². The van der Waals surface area contributed by atoms with E-state index in [0.717, 1.165) is 35.6 Å². The number of hydrogen-bond acceptors (Lipinski definition) is 4. The highest BCUT2D eigenvalue weighted by atomic mass is 32.1. The average Bonchev–Trinajstić information content (AvgIpc) is 3.32. The zero-order chi connectivity index (χ0) is 21.5. The molecule has 1 atom stereocenters. The van der Waals surface area contributed by atoms with Crippen LogP contribution in [0.3, 0.4) is 0 Å². The van der Waals surface area contributed by atoms with Crippen molar-refractivity contribution in [1.82, 2.24) is 4.98 Å². The smallest absolute Gasteiger partial charge is 0.133 e. The normalized spacial score (nSPS) is 11.8. The first-order valence-electron chi connectivity index (χ1n) is 10.7. The highest BCUT2D eigenvalue weighted by Gasteiger charge is 2.18. The number of rotatable bonds is 9. The van der Waals surface area contributed by atoms with Crippen LogP contribution >= 0.6 is 11.3 Å². The molecule has 4 heteroatoms. The molecule has 2 aromatic heterocycles. The summed E-state index contributed by atoms with van der Waals surface area (Å²) >= 11 is 1.68. The molecule has 0 saturated carbocycles. The van der Waals surface area contributed by atoms with Gasteiger partial charge in [-0.25, -0.2) is 0 Å². The molecule has 0 radical (unpaired) electrons. The van der Waals surface area contributed by atoms with Gasteiger partial charge in [0.15, 0.2) is 0 Å². The van der Waals surface area contributed by atoms with Gasteiger partial charge in [0, 0.05) is 17.8 Å².